The lowest BCUT2D eigenvalue weighted by Gasteiger charge is -2.10. The highest BCUT2D eigenvalue weighted by molar-refractivity contribution is 8.01. The first kappa shape index (κ1) is 15.0. The zero-order valence-corrected chi connectivity index (χ0v) is 13.2. The molecule has 8 heteroatoms. The number of benzene rings is 1. The van der Waals surface area contributed by atoms with E-state index in [9.17, 15) is 13.2 Å². The summed E-state index contributed by atoms with van der Waals surface area (Å²) in [7, 11) is -3.38. The lowest BCUT2D eigenvalue weighted by atomic mass is 10.1. The minimum absolute atomic E-state index is 0.0723. The molecule has 0 saturated heterocycles. The SMILES string of the molecule is CC(=O)c1ccc(NS(C)(=O)=O)c(Sc2nccs2)c1. The minimum Gasteiger partial charge on any atom is -0.295 e. The van der Waals surface area contributed by atoms with Gasteiger partial charge in [0.05, 0.1) is 11.9 Å². The molecular weight excluding hydrogens is 316 g/mol. The van der Waals surface area contributed by atoms with Gasteiger partial charge in [-0.2, -0.15) is 0 Å². The van der Waals surface area contributed by atoms with Crippen molar-refractivity contribution in [3.63, 3.8) is 0 Å². The zero-order chi connectivity index (χ0) is 14.8. The molecule has 0 fully saturated rings. The molecule has 106 valence electrons. The molecular formula is C12H12N2O3S3. The van der Waals surface area contributed by atoms with Crippen molar-refractivity contribution in [3.8, 4) is 0 Å². The first-order valence-electron chi connectivity index (χ1n) is 5.55. The second-order valence-electron chi connectivity index (χ2n) is 4.04. The van der Waals surface area contributed by atoms with Gasteiger partial charge in [-0.3, -0.25) is 9.52 Å². The van der Waals surface area contributed by atoms with Crippen LogP contribution in [0.3, 0.4) is 0 Å². The molecule has 2 rings (SSSR count). The molecule has 0 radical (unpaired) electrons. The van der Waals surface area contributed by atoms with Crippen LogP contribution in [0.15, 0.2) is 39.0 Å². The van der Waals surface area contributed by atoms with Crippen LogP contribution in [0.4, 0.5) is 5.69 Å². The molecule has 0 amide bonds. The number of sulfonamides is 1. The van der Waals surface area contributed by atoms with Gasteiger partial charge in [0.25, 0.3) is 0 Å². The number of anilines is 1. The Bertz CT molecular complexity index is 724. The Morgan fingerprint density at radius 3 is 2.70 bits per heavy atom. The van der Waals surface area contributed by atoms with Gasteiger partial charge in [-0.15, -0.1) is 11.3 Å². The Hall–Kier alpha value is -1.38. The van der Waals surface area contributed by atoms with E-state index in [1.54, 1.807) is 24.4 Å². The molecule has 1 heterocycles. The van der Waals surface area contributed by atoms with Gasteiger partial charge in [0.2, 0.25) is 10.0 Å². The average molecular weight is 328 g/mol. The third kappa shape index (κ3) is 4.06. The maximum atomic E-state index is 11.4. The monoisotopic (exact) mass is 328 g/mol. The first-order chi connectivity index (χ1) is 9.35. The highest BCUT2D eigenvalue weighted by Gasteiger charge is 2.12. The van der Waals surface area contributed by atoms with E-state index in [4.69, 9.17) is 0 Å². The van der Waals surface area contributed by atoms with Crippen molar-refractivity contribution in [1.29, 1.82) is 0 Å². The number of nitrogens with one attached hydrogen (secondary N) is 1. The molecule has 0 aliphatic carbocycles. The van der Waals surface area contributed by atoms with E-state index in [2.05, 4.69) is 9.71 Å². The standard InChI is InChI=1S/C12H12N2O3S3/c1-8(15)9-3-4-10(14-20(2,16)17)11(7-9)19-12-13-5-6-18-12/h3-7,14H,1-2H3. The maximum absolute atomic E-state index is 11.4. The van der Waals surface area contributed by atoms with Gasteiger partial charge in [-0.25, -0.2) is 13.4 Å². The van der Waals surface area contributed by atoms with E-state index in [1.165, 1.54) is 30.0 Å². The van der Waals surface area contributed by atoms with E-state index in [1.807, 2.05) is 5.38 Å². The molecule has 0 spiro atoms. The van der Waals surface area contributed by atoms with Crippen LogP contribution in [-0.2, 0) is 10.0 Å². The van der Waals surface area contributed by atoms with Crippen LogP contribution in [-0.4, -0.2) is 25.4 Å². The fraction of sp³-hybridized carbons (Fsp3) is 0.167. The summed E-state index contributed by atoms with van der Waals surface area (Å²) in [6.07, 6.45) is 2.76. The molecule has 0 aliphatic rings. The fourth-order valence-corrected chi connectivity index (χ4v) is 3.81. The van der Waals surface area contributed by atoms with Crippen LogP contribution in [0, 0.1) is 0 Å². The summed E-state index contributed by atoms with van der Waals surface area (Å²) in [6, 6.07) is 4.86. The van der Waals surface area contributed by atoms with Gasteiger partial charge >= 0.3 is 0 Å². The van der Waals surface area contributed by atoms with Gasteiger partial charge in [-0.05, 0) is 25.1 Å². The van der Waals surface area contributed by atoms with E-state index >= 15 is 0 Å². The summed E-state index contributed by atoms with van der Waals surface area (Å²) in [4.78, 5) is 16.2. The number of thiazole rings is 1. The van der Waals surface area contributed by atoms with Gasteiger partial charge < -0.3 is 0 Å². The summed E-state index contributed by atoms with van der Waals surface area (Å²) in [6.45, 7) is 1.47. The van der Waals surface area contributed by atoms with E-state index in [0.29, 0.717) is 16.1 Å². The van der Waals surface area contributed by atoms with Crippen LogP contribution in [0.5, 0.6) is 0 Å². The number of aromatic nitrogens is 1. The summed E-state index contributed by atoms with van der Waals surface area (Å²) < 4.78 is 26.0. The number of hydrogen-bond donors (Lipinski definition) is 1. The molecule has 0 unspecified atom stereocenters. The third-order valence-electron chi connectivity index (χ3n) is 2.29. The van der Waals surface area contributed by atoms with Crippen molar-refractivity contribution in [2.75, 3.05) is 11.0 Å². The van der Waals surface area contributed by atoms with Gasteiger partial charge in [0, 0.05) is 22.0 Å². The molecule has 5 nitrogen and oxygen atoms in total. The molecule has 1 N–H and O–H groups in total. The predicted molar refractivity (Wildman–Crippen MR) is 81.2 cm³/mol. The Balaban J connectivity index is 2.42. The molecule has 0 saturated carbocycles. The Kier molecular flexibility index (Phi) is 4.46. The quantitative estimate of drug-likeness (QED) is 0.854. The summed E-state index contributed by atoms with van der Waals surface area (Å²) in [5.41, 5.74) is 0.973. The van der Waals surface area contributed by atoms with Crippen molar-refractivity contribution in [2.24, 2.45) is 0 Å². The third-order valence-corrected chi connectivity index (χ3v) is 4.82. The molecule has 1 aromatic carbocycles. The van der Waals surface area contributed by atoms with Crippen molar-refractivity contribution in [3.05, 3.63) is 35.3 Å². The van der Waals surface area contributed by atoms with Crippen molar-refractivity contribution >= 4 is 44.6 Å². The number of carbonyl (C=O) groups excluding carboxylic acids is 1. The second-order valence-corrected chi connectivity index (χ2v) is 7.97. The number of hydrogen-bond acceptors (Lipinski definition) is 6. The molecule has 0 atom stereocenters. The Labute approximate surface area is 125 Å². The summed E-state index contributed by atoms with van der Waals surface area (Å²) in [5.74, 6) is -0.0723. The van der Waals surface area contributed by atoms with E-state index < -0.39 is 10.0 Å². The summed E-state index contributed by atoms with van der Waals surface area (Å²) in [5, 5.41) is 1.83. The highest BCUT2D eigenvalue weighted by Crippen LogP contribution is 2.35. The first-order valence-corrected chi connectivity index (χ1v) is 9.14. The van der Waals surface area contributed by atoms with Crippen LogP contribution < -0.4 is 4.72 Å². The van der Waals surface area contributed by atoms with Crippen molar-refractivity contribution in [2.45, 2.75) is 16.2 Å². The van der Waals surface area contributed by atoms with Crippen LogP contribution in [0.1, 0.15) is 17.3 Å². The van der Waals surface area contributed by atoms with Gasteiger partial charge in [0.1, 0.15) is 0 Å². The average Bonchev–Trinajstić information content (AvgIpc) is 2.82. The number of Topliss-reactive ketones (excluding diaryl/α,β-unsaturated/α-hetero) is 1. The summed E-state index contributed by atoms with van der Waals surface area (Å²) >= 11 is 2.77. The van der Waals surface area contributed by atoms with Gasteiger partial charge in [-0.1, -0.05) is 11.8 Å². The molecule has 0 aliphatic heterocycles. The predicted octanol–water partition coefficient (Wildman–Crippen LogP) is 2.87. The van der Waals surface area contributed by atoms with Crippen molar-refractivity contribution in [1.82, 2.24) is 4.98 Å². The Morgan fingerprint density at radius 1 is 1.40 bits per heavy atom. The zero-order valence-electron chi connectivity index (χ0n) is 10.8. The fourth-order valence-electron chi connectivity index (χ4n) is 1.46. The molecule has 2 aromatic rings. The molecule has 20 heavy (non-hydrogen) atoms. The number of rotatable bonds is 5. The van der Waals surface area contributed by atoms with Crippen molar-refractivity contribution < 1.29 is 13.2 Å². The molecule has 0 bridgehead atoms. The Morgan fingerprint density at radius 2 is 2.15 bits per heavy atom. The highest BCUT2D eigenvalue weighted by atomic mass is 32.2. The smallest absolute Gasteiger partial charge is 0.229 e. The normalized spacial score (nSPS) is 11.3. The van der Waals surface area contributed by atoms with Crippen LogP contribution >= 0.6 is 23.1 Å². The molecule has 1 aromatic heterocycles. The van der Waals surface area contributed by atoms with Crippen LogP contribution in [0.2, 0.25) is 0 Å². The van der Waals surface area contributed by atoms with E-state index in [-0.39, 0.29) is 5.78 Å². The van der Waals surface area contributed by atoms with E-state index in [0.717, 1.165) is 10.6 Å². The van der Waals surface area contributed by atoms with Crippen LogP contribution in [0.25, 0.3) is 0 Å². The minimum atomic E-state index is -3.38. The lowest BCUT2D eigenvalue weighted by molar-refractivity contribution is 0.101. The largest absolute Gasteiger partial charge is 0.295 e. The lowest BCUT2D eigenvalue weighted by Crippen LogP contribution is -2.10. The number of carbonyl (C=O) groups is 1. The number of nitrogens with zero attached hydrogens (tertiary/aromatic N) is 1. The van der Waals surface area contributed by atoms with Gasteiger partial charge in [0.15, 0.2) is 10.1 Å². The number of ketones is 1. The maximum Gasteiger partial charge on any atom is 0.229 e. The topological polar surface area (TPSA) is 76.1 Å². The second kappa shape index (κ2) is 5.94.